The number of carbonyl (C=O) groups excluding carboxylic acids is 2. The number of methoxy groups -OCH3 is 2. The van der Waals surface area contributed by atoms with Crippen LogP contribution >= 0.6 is 11.3 Å². The summed E-state index contributed by atoms with van der Waals surface area (Å²) in [6.45, 7) is 4.13. The van der Waals surface area contributed by atoms with Gasteiger partial charge in [-0.2, -0.15) is 4.31 Å². The molecule has 42 heavy (non-hydrogen) atoms. The smallest absolute Gasteiger partial charge is 0.254 e. The molecule has 0 spiro atoms. The number of benzene rings is 2. The number of ether oxygens (including phenoxy) is 2. The highest BCUT2D eigenvalue weighted by atomic mass is 32.2. The van der Waals surface area contributed by atoms with Crippen molar-refractivity contribution in [2.75, 3.05) is 39.6 Å². The lowest BCUT2D eigenvalue weighted by atomic mass is 10.1. The van der Waals surface area contributed by atoms with Gasteiger partial charge in [0, 0.05) is 36.1 Å². The van der Waals surface area contributed by atoms with E-state index in [9.17, 15) is 23.1 Å². The molecule has 1 saturated heterocycles. The summed E-state index contributed by atoms with van der Waals surface area (Å²) < 4.78 is 37.7. The van der Waals surface area contributed by atoms with Crippen molar-refractivity contribution in [2.45, 2.75) is 45.3 Å². The van der Waals surface area contributed by atoms with Gasteiger partial charge in [0.1, 0.15) is 28.0 Å². The normalized spacial score (nSPS) is 17.3. The Labute approximate surface area is 250 Å². The van der Waals surface area contributed by atoms with Gasteiger partial charge < -0.3 is 19.5 Å². The van der Waals surface area contributed by atoms with Crippen LogP contribution in [0.5, 0.6) is 11.5 Å². The van der Waals surface area contributed by atoms with Gasteiger partial charge in [0.15, 0.2) is 5.78 Å². The highest BCUT2D eigenvalue weighted by Gasteiger charge is 2.38. The molecule has 12 heteroatoms. The second kappa shape index (κ2) is 13.3. The van der Waals surface area contributed by atoms with E-state index >= 15 is 0 Å². The van der Waals surface area contributed by atoms with Crippen LogP contribution in [0, 0.1) is 6.92 Å². The van der Waals surface area contributed by atoms with Crippen molar-refractivity contribution in [3.63, 3.8) is 0 Å². The summed E-state index contributed by atoms with van der Waals surface area (Å²) in [7, 11) is -0.825. The molecule has 226 valence electrons. The van der Waals surface area contributed by atoms with E-state index in [-0.39, 0.29) is 31.2 Å². The predicted octanol–water partition coefficient (Wildman–Crippen LogP) is 3.71. The highest BCUT2D eigenvalue weighted by Crippen LogP contribution is 2.30. The lowest BCUT2D eigenvalue weighted by Crippen LogP contribution is -2.37. The van der Waals surface area contributed by atoms with Crippen LogP contribution in [0.15, 0.2) is 47.8 Å². The number of hydrogen-bond donors (Lipinski definition) is 1. The molecule has 1 aliphatic rings. The topological polar surface area (TPSA) is 126 Å². The van der Waals surface area contributed by atoms with Gasteiger partial charge >= 0.3 is 0 Å². The summed E-state index contributed by atoms with van der Waals surface area (Å²) in [4.78, 5) is 32.8. The van der Waals surface area contributed by atoms with Gasteiger partial charge in [-0.25, -0.2) is 13.4 Å². The quantitative estimate of drug-likeness (QED) is 0.289. The van der Waals surface area contributed by atoms with Crippen molar-refractivity contribution in [1.29, 1.82) is 0 Å². The molecule has 1 aromatic heterocycles. The van der Waals surface area contributed by atoms with E-state index in [1.165, 1.54) is 30.9 Å². The fourth-order valence-electron chi connectivity index (χ4n) is 4.91. The van der Waals surface area contributed by atoms with E-state index in [0.29, 0.717) is 41.5 Å². The minimum absolute atomic E-state index is 0.0416. The number of nitrogens with zero attached hydrogens (tertiary/aromatic N) is 3. The maximum absolute atomic E-state index is 13.8. The van der Waals surface area contributed by atoms with E-state index in [1.807, 2.05) is 37.3 Å². The summed E-state index contributed by atoms with van der Waals surface area (Å²) in [6.07, 6.45) is 1.78. The molecule has 4 rings (SSSR count). The first-order valence-electron chi connectivity index (χ1n) is 13.7. The molecule has 0 radical (unpaired) electrons. The zero-order valence-corrected chi connectivity index (χ0v) is 26.0. The predicted molar refractivity (Wildman–Crippen MR) is 161 cm³/mol. The Morgan fingerprint density at radius 3 is 2.40 bits per heavy atom. The number of hydrogen-bond acceptors (Lipinski definition) is 9. The molecule has 2 aromatic carbocycles. The first-order chi connectivity index (χ1) is 19.9. The number of amides is 1. The number of β-amino-alcohol motifs (C(OH)–C–C–N with tert-alkyl or cyclic N) is 1. The third-order valence-corrected chi connectivity index (χ3v) is 9.87. The van der Waals surface area contributed by atoms with Crippen LogP contribution in [-0.2, 0) is 23.0 Å². The summed E-state index contributed by atoms with van der Waals surface area (Å²) in [5.41, 5.74) is 1.27. The molecule has 0 bridgehead atoms. The minimum Gasteiger partial charge on any atom is -0.496 e. The second-order valence-corrected chi connectivity index (χ2v) is 13.6. The zero-order valence-electron chi connectivity index (χ0n) is 24.3. The van der Waals surface area contributed by atoms with E-state index < -0.39 is 27.2 Å². The van der Waals surface area contributed by atoms with E-state index in [0.717, 1.165) is 21.9 Å². The number of sulfonamides is 1. The van der Waals surface area contributed by atoms with Crippen molar-refractivity contribution >= 4 is 33.1 Å². The fraction of sp³-hybridized carbons (Fsp3) is 0.433. The van der Waals surface area contributed by atoms with Crippen molar-refractivity contribution in [1.82, 2.24) is 14.2 Å². The van der Waals surface area contributed by atoms with Crippen LogP contribution in [0.4, 0.5) is 0 Å². The van der Waals surface area contributed by atoms with Crippen molar-refractivity contribution < 1.29 is 32.6 Å². The number of aliphatic hydroxyl groups is 1. The van der Waals surface area contributed by atoms with Crippen molar-refractivity contribution in [3.8, 4) is 11.5 Å². The van der Waals surface area contributed by atoms with Gasteiger partial charge in [-0.05, 0) is 50.8 Å². The van der Waals surface area contributed by atoms with Gasteiger partial charge in [-0.3, -0.25) is 9.59 Å². The Balaban J connectivity index is 1.51. The van der Waals surface area contributed by atoms with E-state index in [2.05, 4.69) is 4.98 Å². The zero-order chi connectivity index (χ0) is 30.5. The molecule has 3 aromatic rings. The minimum atomic E-state index is -3.90. The Bertz CT molecular complexity index is 1500. The van der Waals surface area contributed by atoms with Gasteiger partial charge in [0.25, 0.3) is 5.91 Å². The number of aryl methyl sites for hydroxylation is 1. The van der Waals surface area contributed by atoms with Gasteiger partial charge in [0.05, 0.1) is 26.4 Å². The molecule has 10 nitrogen and oxygen atoms in total. The summed E-state index contributed by atoms with van der Waals surface area (Å²) in [6, 6.07) is 13.4. The summed E-state index contributed by atoms with van der Waals surface area (Å²) in [5, 5.41) is 12.2. The molecular weight excluding hydrogens is 578 g/mol. The lowest BCUT2D eigenvalue weighted by molar-refractivity contribution is 0.0739. The Hall–Kier alpha value is -3.32. The second-order valence-electron chi connectivity index (χ2n) is 10.7. The van der Waals surface area contributed by atoms with Crippen LogP contribution in [-0.4, -0.2) is 84.6 Å². The average Bonchev–Trinajstić information content (AvgIpc) is 3.59. The van der Waals surface area contributed by atoms with Crippen molar-refractivity contribution in [3.05, 3.63) is 75.2 Å². The largest absolute Gasteiger partial charge is 0.496 e. The maximum Gasteiger partial charge on any atom is 0.254 e. The monoisotopic (exact) mass is 615 g/mol. The molecule has 1 N–H and O–H groups in total. The first kappa shape index (κ1) is 31.6. The maximum atomic E-state index is 13.8. The van der Waals surface area contributed by atoms with Gasteiger partial charge in [0.2, 0.25) is 10.0 Å². The molecule has 0 saturated carbocycles. The SMILES string of the molecule is COc1cc(C(=O)N(CCCc2ccccc2)Cc2nc(C(=O)CS(=O)(=O)N3CCC(C)(O)C3)cs2)cc(OC)c1C. The number of rotatable bonds is 13. The van der Waals surface area contributed by atoms with Crippen LogP contribution in [0.3, 0.4) is 0 Å². The van der Waals surface area contributed by atoms with Crippen LogP contribution in [0.25, 0.3) is 0 Å². The fourth-order valence-corrected chi connectivity index (χ4v) is 7.23. The standard InChI is InChI=1S/C30H37N3O7S2/c1-21-26(39-3)15-23(16-27(21)40-4)29(35)32(13-8-11-22-9-6-5-7-10-22)17-28-31-24(18-41-28)25(34)19-42(37,38)33-14-12-30(2,36)20-33/h5-7,9-10,15-16,18,36H,8,11-14,17,19-20H2,1-4H3. The third-order valence-electron chi connectivity index (χ3n) is 7.31. The molecular formula is C30H37N3O7S2. The molecule has 2 heterocycles. The number of ketones is 1. The average molecular weight is 616 g/mol. The molecule has 1 amide bonds. The Morgan fingerprint density at radius 2 is 1.81 bits per heavy atom. The van der Waals surface area contributed by atoms with Gasteiger partial charge in [-0.15, -0.1) is 11.3 Å². The van der Waals surface area contributed by atoms with Crippen LogP contribution < -0.4 is 9.47 Å². The number of carbonyl (C=O) groups is 2. The number of Topliss-reactive ketones (excluding diaryl/α,β-unsaturated/α-hetero) is 1. The van der Waals surface area contributed by atoms with Crippen LogP contribution in [0.2, 0.25) is 0 Å². The van der Waals surface area contributed by atoms with E-state index in [4.69, 9.17) is 9.47 Å². The summed E-state index contributed by atoms with van der Waals surface area (Å²) >= 11 is 1.20. The number of aromatic nitrogens is 1. The first-order valence-corrected chi connectivity index (χ1v) is 16.1. The summed E-state index contributed by atoms with van der Waals surface area (Å²) in [5.74, 6) is -0.533. The lowest BCUT2D eigenvalue weighted by Gasteiger charge is -2.23. The Kier molecular flexibility index (Phi) is 10.0. The molecule has 1 fully saturated rings. The molecule has 1 aliphatic heterocycles. The van der Waals surface area contributed by atoms with Crippen molar-refractivity contribution in [2.24, 2.45) is 0 Å². The molecule has 0 aliphatic carbocycles. The Morgan fingerprint density at radius 1 is 1.14 bits per heavy atom. The molecule has 1 atom stereocenters. The van der Waals surface area contributed by atoms with E-state index in [1.54, 1.807) is 24.0 Å². The van der Waals surface area contributed by atoms with Crippen LogP contribution in [0.1, 0.15) is 56.7 Å². The molecule has 1 unspecified atom stereocenters. The van der Waals surface area contributed by atoms with Gasteiger partial charge in [-0.1, -0.05) is 30.3 Å². The third kappa shape index (κ3) is 7.74. The highest BCUT2D eigenvalue weighted by molar-refractivity contribution is 7.89. The number of thiazole rings is 1.